The molecule has 0 saturated carbocycles. The van der Waals surface area contributed by atoms with Crippen molar-refractivity contribution in [2.75, 3.05) is 5.32 Å². The summed E-state index contributed by atoms with van der Waals surface area (Å²) < 4.78 is 1.71. The van der Waals surface area contributed by atoms with Crippen molar-refractivity contribution in [3.05, 3.63) is 41.2 Å². The zero-order valence-electron chi connectivity index (χ0n) is 9.86. The van der Waals surface area contributed by atoms with E-state index in [9.17, 15) is 0 Å². The minimum Gasteiger partial charge on any atom is -0.379 e. The zero-order chi connectivity index (χ0) is 11.5. The van der Waals surface area contributed by atoms with Crippen LogP contribution in [0.3, 0.4) is 0 Å². The fraction of sp³-hybridized carbons (Fsp3) is 0.333. The van der Waals surface area contributed by atoms with Crippen LogP contribution in [0.5, 0.6) is 0 Å². The molecule has 0 aliphatic carbocycles. The molecule has 4 nitrogen and oxygen atoms in total. The Morgan fingerprint density at radius 1 is 1.31 bits per heavy atom. The van der Waals surface area contributed by atoms with Gasteiger partial charge < -0.3 is 5.32 Å². The maximum Gasteiger partial charge on any atom is 0.102 e. The van der Waals surface area contributed by atoms with Gasteiger partial charge in [-0.05, 0) is 31.0 Å². The fourth-order valence-electron chi connectivity index (χ4n) is 1.60. The topological polar surface area (TPSA) is 42.7 Å². The Balaban J connectivity index is 2.07. The van der Waals surface area contributed by atoms with E-state index < -0.39 is 0 Å². The van der Waals surface area contributed by atoms with Crippen molar-refractivity contribution < 1.29 is 0 Å². The van der Waals surface area contributed by atoms with Crippen LogP contribution in [0, 0.1) is 13.8 Å². The Morgan fingerprint density at radius 2 is 2.12 bits per heavy atom. The van der Waals surface area contributed by atoms with Crippen LogP contribution < -0.4 is 5.32 Å². The van der Waals surface area contributed by atoms with Crippen LogP contribution in [0.2, 0.25) is 0 Å². The van der Waals surface area contributed by atoms with Gasteiger partial charge in [-0.1, -0.05) is 17.3 Å². The molecule has 0 radical (unpaired) electrons. The Morgan fingerprint density at radius 3 is 2.81 bits per heavy atom. The lowest BCUT2D eigenvalue weighted by Gasteiger charge is -2.09. The third kappa shape index (κ3) is 2.21. The van der Waals surface area contributed by atoms with Crippen LogP contribution in [-0.4, -0.2) is 15.0 Å². The van der Waals surface area contributed by atoms with Gasteiger partial charge in [0.25, 0.3) is 0 Å². The Labute approximate surface area is 95.3 Å². The van der Waals surface area contributed by atoms with Gasteiger partial charge in [0, 0.05) is 18.9 Å². The molecular formula is C12H16N4. The number of rotatable bonds is 3. The molecule has 0 unspecified atom stereocenters. The van der Waals surface area contributed by atoms with Crippen LogP contribution in [0.4, 0.5) is 5.69 Å². The molecule has 16 heavy (non-hydrogen) atoms. The summed E-state index contributed by atoms with van der Waals surface area (Å²) in [7, 11) is 1.87. The second-order valence-electron chi connectivity index (χ2n) is 3.98. The fourth-order valence-corrected chi connectivity index (χ4v) is 1.60. The van der Waals surface area contributed by atoms with Gasteiger partial charge in [0.2, 0.25) is 0 Å². The molecule has 0 aliphatic rings. The van der Waals surface area contributed by atoms with Gasteiger partial charge in [-0.2, -0.15) is 0 Å². The smallest absolute Gasteiger partial charge is 0.102 e. The second-order valence-corrected chi connectivity index (χ2v) is 3.98. The van der Waals surface area contributed by atoms with Crippen molar-refractivity contribution in [3.63, 3.8) is 0 Å². The van der Waals surface area contributed by atoms with E-state index >= 15 is 0 Å². The molecule has 0 bridgehead atoms. The Kier molecular flexibility index (Phi) is 2.90. The second kappa shape index (κ2) is 4.35. The van der Waals surface area contributed by atoms with Gasteiger partial charge in [0.15, 0.2) is 0 Å². The number of hydrogen-bond donors (Lipinski definition) is 1. The molecule has 1 aromatic heterocycles. The number of aromatic nitrogens is 3. The van der Waals surface area contributed by atoms with Gasteiger partial charge in [-0.25, -0.2) is 0 Å². The van der Waals surface area contributed by atoms with Gasteiger partial charge >= 0.3 is 0 Å². The number of hydrogen-bond acceptors (Lipinski definition) is 3. The SMILES string of the molecule is Cc1cccc(NCc2cn(C)nn2)c1C. The van der Waals surface area contributed by atoms with Crippen LogP contribution in [-0.2, 0) is 13.6 Å². The number of benzene rings is 1. The average molecular weight is 216 g/mol. The highest BCUT2D eigenvalue weighted by Crippen LogP contribution is 2.18. The highest BCUT2D eigenvalue weighted by atomic mass is 15.4. The summed E-state index contributed by atoms with van der Waals surface area (Å²) in [6.45, 7) is 4.94. The predicted molar refractivity (Wildman–Crippen MR) is 64.2 cm³/mol. The lowest BCUT2D eigenvalue weighted by Crippen LogP contribution is -2.02. The Bertz CT molecular complexity index is 488. The van der Waals surface area contributed by atoms with Gasteiger partial charge in [0.1, 0.15) is 5.69 Å². The van der Waals surface area contributed by atoms with Crippen LogP contribution in [0.15, 0.2) is 24.4 Å². The molecule has 1 heterocycles. The van der Waals surface area contributed by atoms with Crippen molar-refractivity contribution in [2.24, 2.45) is 7.05 Å². The van der Waals surface area contributed by atoms with E-state index in [4.69, 9.17) is 0 Å². The first-order valence-electron chi connectivity index (χ1n) is 5.32. The van der Waals surface area contributed by atoms with Crippen LogP contribution in [0.1, 0.15) is 16.8 Å². The van der Waals surface area contributed by atoms with E-state index in [0.717, 1.165) is 11.4 Å². The van der Waals surface area contributed by atoms with E-state index in [1.165, 1.54) is 11.1 Å². The molecule has 4 heteroatoms. The average Bonchev–Trinajstić information content (AvgIpc) is 2.67. The summed E-state index contributed by atoms with van der Waals surface area (Å²) in [5, 5.41) is 11.3. The van der Waals surface area contributed by atoms with E-state index in [-0.39, 0.29) is 0 Å². The van der Waals surface area contributed by atoms with Crippen molar-refractivity contribution in [1.29, 1.82) is 0 Å². The number of nitrogens with one attached hydrogen (secondary N) is 1. The largest absolute Gasteiger partial charge is 0.379 e. The Hall–Kier alpha value is -1.84. The molecular weight excluding hydrogens is 200 g/mol. The highest BCUT2D eigenvalue weighted by Gasteiger charge is 2.01. The first kappa shape index (κ1) is 10.7. The van der Waals surface area contributed by atoms with Gasteiger partial charge in [-0.15, -0.1) is 5.10 Å². The highest BCUT2D eigenvalue weighted by molar-refractivity contribution is 5.53. The molecule has 2 rings (SSSR count). The minimum atomic E-state index is 0.706. The lowest BCUT2D eigenvalue weighted by atomic mass is 10.1. The van der Waals surface area contributed by atoms with E-state index in [1.54, 1.807) is 4.68 Å². The summed E-state index contributed by atoms with van der Waals surface area (Å²) in [6.07, 6.45) is 1.91. The summed E-state index contributed by atoms with van der Waals surface area (Å²) in [6, 6.07) is 6.25. The molecule has 0 atom stereocenters. The zero-order valence-corrected chi connectivity index (χ0v) is 9.86. The standard InChI is InChI=1S/C12H16N4/c1-9-5-4-6-12(10(9)2)13-7-11-8-16(3)15-14-11/h4-6,8,13H,7H2,1-3H3. The molecule has 84 valence electrons. The van der Waals surface area contributed by atoms with Crippen molar-refractivity contribution >= 4 is 5.69 Å². The molecule has 0 fully saturated rings. The molecule has 1 aromatic carbocycles. The van der Waals surface area contributed by atoms with E-state index in [0.29, 0.717) is 6.54 Å². The van der Waals surface area contributed by atoms with Crippen LogP contribution in [0.25, 0.3) is 0 Å². The monoisotopic (exact) mass is 216 g/mol. The summed E-state index contributed by atoms with van der Waals surface area (Å²) in [4.78, 5) is 0. The summed E-state index contributed by atoms with van der Waals surface area (Å²) in [5.74, 6) is 0. The molecule has 0 spiro atoms. The molecule has 0 aliphatic heterocycles. The lowest BCUT2D eigenvalue weighted by molar-refractivity contribution is 0.713. The minimum absolute atomic E-state index is 0.706. The third-order valence-corrected chi connectivity index (χ3v) is 2.71. The van der Waals surface area contributed by atoms with E-state index in [2.05, 4.69) is 47.7 Å². The van der Waals surface area contributed by atoms with Gasteiger partial charge in [0.05, 0.1) is 6.54 Å². The number of anilines is 1. The third-order valence-electron chi connectivity index (χ3n) is 2.71. The summed E-state index contributed by atoms with van der Waals surface area (Å²) in [5.41, 5.74) is 4.68. The normalized spacial score (nSPS) is 10.4. The molecule has 0 amide bonds. The van der Waals surface area contributed by atoms with Crippen molar-refractivity contribution in [3.8, 4) is 0 Å². The number of nitrogens with zero attached hydrogens (tertiary/aromatic N) is 3. The number of aryl methyl sites for hydroxylation is 2. The maximum absolute atomic E-state index is 4.03. The summed E-state index contributed by atoms with van der Waals surface area (Å²) >= 11 is 0. The maximum atomic E-state index is 4.03. The van der Waals surface area contributed by atoms with Crippen molar-refractivity contribution in [2.45, 2.75) is 20.4 Å². The van der Waals surface area contributed by atoms with E-state index in [1.807, 2.05) is 13.2 Å². The molecule has 1 N–H and O–H groups in total. The first-order chi connectivity index (χ1) is 7.66. The van der Waals surface area contributed by atoms with Crippen molar-refractivity contribution in [1.82, 2.24) is 15.0 Å². The molecule has 2 aromatic rings. The van der Waals surface area contributed by atoms with Crippen LogP contribution >= 0.6 is 0 Å². The van der Waals surface area contributed by atoms with Gasteiger partial charge in [-0.3, -0.25) is 4.68 Å². The quantitative estimate of drug-likeness (QED) is 0.853. The molecule has 0 saturated heterocycles. The first-order valence-corrected chi connectivity index (χ1v) is 5.32. The predicted octanol–water partition coefficient (Wildman–Crippen LogP) is 2.04.